The molecule has 8 heteroatoms. The van der Waals surface area contributed by atoms with Gasteiger partial charge in [0.05, 0.1) is 5.69 Å². The average Bonchev–Trinajstić information content (AvgIpc) is 2.32. The normalized spacial score (nSPS) is 13.4. The van der Waals surface area contributed by atoms with E-state index in [0.717, 1.165) is 6.42 Å². The number of nitrogens with one attached hydrogen (secondary N) is 1. The van der Waals surface area contributed by atoms with Crippen LogP contribution in [0.5, 0.6) is 0 Å². The summed E-state index contributed by atoms with van der Waals surface area (Å²) in [5, 5.41) is 8.90. The van der Waals surface area contributed by atoms with Crippen LogP contribution in [0, 0.1) is 5.92 Å². The van der Waals surface area contributed by atoms with Gasteiger partial charge in [0.25, 0.3) is 0 Å². The van der Waals surface area contributed by atoms with Crippen molar-refractivity contribution in [1.29, 1.82) is 0 Å². The van der Waals surface area contributed by atoms with E-state index in [9.17, 15) is 8.42 Å². The van der Waals surface area contributed by atoms with Crippen molar-refractivity contribution in [3.05, 3.63) is 21.1 Å². The van der Waals surface area contributed by atoms with Gasteiger partial charge in [0.15, 0.2) is 0 Å². The van der Waals surface area contributed by atoms with Crippen LogP contribution in [0.4, 0.5) is 5.69 Å². The van der Waals surface area contributed by atoms with Gasteiger partial charge < -0.3 is 10.8 Å². The molecule has 4 N–H and O–H groups in total. The van der Waals surface area contributed by atoms with Gasteiger partial charge in [-0.15, -0.1) is 0 Å². The Balaban J connectivity index is 2.75. The second kappa shape index (κ2) is 7.74. The summed E-state index contributed by atoms with van der Waals surface area (Å²) in [5.41, 5.74) is 5.95. The highest BCUT2D eigenvalue weighted by Gasteiger charge is 2.21. The fraction of sp³-hybridized carbons (Fsp3) is 0.500. The first-order valence-electron chi connectivity index (χ1n) is 6.13. The molecule has 0 fully saturated rings. The number of nitrogens with two attached hydrogens (primary N) is 1. The summed E-state index contributed by atoms with van der Waals surface area (Å²) in [4.78, 5) is 0.0518. The molecule has 0 heterocycles. The van der Waals surface area contributed by atoms with E-state index in [1.165, 1.54) is 0 Å². The summed E-state index contributed by atoms with van der Waals surface area (Å²) in [7, 11) is -3.65. The van der Waals surface area contributed by atoms with Crippen LogP contribution in [0.2, 0.25) is 0 Å². The zero-order valence-corrected chi connectivity index (χ0v) is 15.1. The standard InChI is InChI=1S/C12H18Br2N2O3S/c1-8(7-17)3-2-4-16-20(18,19)12-10(14)5-9(13)6-11(12)15/h5-6,8,16-17H,2-4,7,15H2,1H3. The number of nitrogen functional groups attached to an aromatic ring is 1. The number of aliphatic hydroxyl groups excluding tert-OH is 1. The Kier molecular flexibility index (Phi) is 6.93. The van der Waals surface area contributed by atoms with Gasteiger partial charge in [-0.05, 0) is 46.8 Å². The lowest BCUT2D eigenvalue weighted by Gasteiger charge is -2.12. The molecule has 0 aliphatic rings. The summed E-state index contributed by atoms with van der Waals surface area (Å²) in [6.45, 7) is 2.34. The maximum atomic E-state index is 12.2. The Morgan fingerprint density at radius 2 is 2.05 bits per heavy atom. The number of rotatable bonds is 7. The van der Waals surface area contributed by atoms with Crippen LogP contribution in [-0.4, -0.2) is 26.7 Å². The third-order valence-corrected chi connectivity index (χ3v) is 5.71. The number of aliphatic hydroxyl groups is 1. The van der Waals surface area contributed by atoms with Crippen LogP contribution in [0.15, 0.2) is 26.0 Å². The Morgan fingerprint density at radius 1 is 1.40 bits per heavy atom. The molecule has 0 saturated heterocycles. The molecule has 0 spiro atoms. The molecule has 0 aliphatic heterocycles. The molecule has 0 bridgehead atoms. The van der Waals surface area contributed by atoms with E-state index in [2.05, 4.69) is 36.6 Å². The Bertz CT molecular complexity index is 541. The Morgan fingerprint density at radius 3 is 2.60 bits per heavy atom. The van der Waals surface area contributed by atoms with Gasteiger partial charge in [-0.25, -0.2) is 13.1 Å². The smallest absolute Gasteiger partial charge is 0.243 e. The summed E-state index contributed by atoms with van der Waals surface area (Å²) < 4.78 is 28.1. The number of hydrogen-bond donors (Lipinski definition) is 3. The number of anilines is 1. The monoisotopic (exact) mass is 428 g/mol. The molecule has 1 aromatic carbocycles. The van der Waals surface area contributed by atoms with Crippen LogP contribution in [-0.2, 0) is 10.0 Å². The predicted octanol–water partition coefficient (Wildman–Crippen LogP) is 2.48. The molecule has 0 radical (unpaired) electrons. The molecule has 0 aromatic heterocycles. The van der Waals surface area contributed by atoms with Gasteiger partial charge in [0.1, 0.15) is 4.90 Å². The Labute approximate surface area is 136 Å². The summed E-state index contributed by atoms with van der Waals surface area (Å²) in [6.07, 6.45) is 1.42. The number of halogens is 2. The van der Waals surface area contributed by atoms with Crippen molar-refractivity contribution < 1.29 is 13.5 Å². The minimum absolute atomic E-state index is 0.0518. The van der Waals surface area contributed by atoms with Crippen molar-refractivity contribution in [1.82, 2.24) is 4.72 Å². The van der Waals surface area contributed by atoms with Crippen LogP contribution < -0.4 is 10.5 Å². The SMILES string of the molecule is CC(CO)CCCNS(=O)(=O)c1c(N)cc(Br)cc1Br. The first-order chi connectivity index (χ1) is 9.27. The highest BCUT2D eigenvalue weighted by atomic mass is 79.9. The van der Waals surface area contributed by atoms with Gasteiger partial charge in [-0.2, -0.15) is 0 Å². The number of sulfonamides is 1. The average molecular weight is 430 g/mol. The fourth-order valence-corrected chi connectivity index (χ4v) is 4.82. The first-order valence-corrected chi connectivity index (χ1v) is 9.20. The summed E-state index contributed by atoms with van der Waals surface area (Å²) in [5.74, 6) is 0.170. The molecule has 1 atom stereocenters. The largest absolute Gasteiger partial charge is 0.398 e. The molecule has 0 amide bonds. The predicted molar refractivity (Wildman–Crippen MR) is 86.9 cm³/mol. The van der Waals surface area contributed by atoms with E-state index >= 15 is 0 Å². The van der Waals surface area contributed by atoms with E-state index in [1.807, 2.05) is 6.92 Å². The molecule has 1 aromatic rings. The molecular weight excluding hydrogens is 412 g/mol. The molecule has 0 aliphatic carbocycles. The molecule has 1 unspecified atom stereocenters. The van der Waals surface area contributed by atoms with Crippen molar-refractivity contribution in [2.45, 2.75) is 24.7 Å². The van der Waals surface area contributed by atoms with Gasteiger partial charge in [0, 0.05) is 22.1 Å². The van der Waals surface area contributed by atoms with Gasteiger partial charge in [-0.1, -0.05) is 22.9 Å². The first kappa shape index (κ1) is 17.9. The molecule has 114 valence electrons. The minimum atomic E-state index is -3.65. The highest BCUT2D eigenvalue weighted by molar-refractivity contribution is 9.11. The van der Waals surface area contributed by atoms with E-state index in [0.29, 0.717) is 21.9 Å². The summed E-state index contributed by atoms with van der Waals surface area (Å²) >= 11 is 6.47. The zero-order valence-electron chi connectivity index (χ0n) is 11.1. The molecule has 20 heavy (non-hydrogen) atoms. The van der Waals surface area contributed by atoms with E-state index in [1.54, 1.807) is 12.1 Å². The van der Waals surface area contributed by atoms with Gasteiger partial charge in [-0.3, -0.25) is 0 Å². The minimum Gasteiger partial charge on any atom is -0.398 e. The molecule has 5 nitrogen and oxygen atoms in total. The molecule has 1 rings (SSSR count). The second-order valence-corrected chi connectivity index (χ2v) is 8.11. The maximum Gasteiger partial charge on any atom is 0.243 e. The van der Waals surface area contributed by atoms with E-state index in [4.69, 9.17) is 10.8 Å². The second-order valence-electron chi connectivity index (χ2n) is 4.63. The lowest BCUT2D eigenvalue weighted by atomic mass is 10.1. The lowest BCUT2D eigenvalue weighted by Crippen LogP contribution is -2.26. The summed E-state index contributed by atoms with van der Waals surface area (Å²) in [6, 6.07) is 3.19. The van der Waals surface area contributed by atoms with Crippen LogP contribution >= 0.6 is 31.9 Å². The lowest BCUT2D eigenvalue weighted by molar-refractivity contribution is 0.228. The van der Waals surface area contributed by atoms with E-state index in [-0.39, 0.29) is 23.1 Å². The topological polar surface area (TPSA) is 92.4 Å². The third kappa shape index (κ3) is 5.00. The van der Waals surface area contributed by atoms with Crippen LogP contribution in [0.25, 0.3) is 0 Å². The van der Waals surface area contributed by atoms with Gasteiger partial charge in [0.2, 0.25) is 10.0 Å². The number of benzene rings is 1. The van der Waals surface area contributed by atoms with Crippen molar-refractivity contribution >= 4 is 47.6 Å². The third-order valence-electron chi connectivity index (χ3n) is 2.78. The van der Waals surface area contributed by atoms with Gasteiger partial charge >= 0.3 is 0 Å². The maximum absolute atomic E-state index is 12.2. The van der Waals surface area contributed by atoms with Crippen molar-refractivity contribution in [2.75, 3.05) is 18.9 Å². The van der Waals surface area contributed by atoms with Crippen molar-refractivity contribution in [3.8, 4) is 0 Å². The molecule has 0 saturated carbocycles. The van der Waals surface area contributed by atoms with Crippen molar-refractivity contribution in [2.24, 2.45) is 5.92 Å². The zero-order chi connectivity index (χ0) is 15.3. The Hall–Kier alpha value is -0.150. The van der Waals surface area contributed by atoms with Crippen molar-refractivity contribution in [3.63, 3.8) is 0 Å². The van der Waals surface area contributed by atoms with Crippen LogP contribution in [0.1, 0.15) is 19.8 Å². The highest BCUT2D eigenvalue weighted by Crippen LogP contribution is 2.31. The van der Waals surface area contributed by atoms with E-state index < -0.39 is 10.0 Å². The number of hydrogen-bond acceptors (Lipinski definition) is 4. The molecular formula is C12H18Br2N2O3S. The van der Waals surface area contributed by atoms with Crippen LogP contribution in [0.3, 0.4) is 0 Å². The quantitative estimate of drug-likeness (QED) is 0.458. The fourth-order valence-electron chi connectivity index (χ4n) is 1.68.